The summed E-state index contributed by atoms with van der Waals surface area (Å²) in [6.45, 7) is 5.45. The molecule has 0 bridgehead atoms. The zero-order chi connectivity index (χ0) is 16.8. The number of halogens is 1. The molecule has 0 unspecified atom stereocenters. The Balaban J connectivity index is 1.81. The molecule has 130 valence electrons. The van der Waals surface area contributed by atoms with E-state index in [9.17, 15) is 9.18 Å². The molecule has 1 saturated heterocycles. The summed E-state index contributed by atoms with van der Waals surface area (Å²) in [6, 6.07) is -0.0384. The van der Waals surface area contributed by atoms with E-state index in [-0.39, 0.29) is 18.1 Å². The normalized spacial score (nSPS) is 23.0. The van der Waals surface area contributed by atoms with Crippen LogP contribution in [0.4, 0.5) is 9.18 Å². The Morgan fingerprint density at radius 3 is 3.09 bits per heavy atom. The van der Waals surface area contributed by atoms with E-state index in [4.69, 9.17) is 0 Å². The minimum absolute atomic E-state index is 0.0219. The van der Waals surface area contributed by atoms with Crippen LogP contribution in [0.3, 0.4) is 0 Å². The summed E-state index contributed by atoms with van der Waals surface area (Å²) in [7, 11) is 0. The van der Waals surface area contributed by atoms with Crippen molar-refractivity contribution >= 4 is 29.1 Å². The summed E-state index contributed by atoms with van der Waals surface area (Å²) in [5.41, 5.74) is 0.977. The molecule has 2 amide bonds. The second kappa shape index (κ2) is 8.84. The molecule has 0 radical (unpaired) electrons. The van der Waals surface area contributed by atoms with Gasteiger partial charge in [0, 0.05) is 42.9 Å². The van der Waals surface area contributed by atoms with Crippen LogP contribution in [-0.2, 0) is 6.54 Å². The Morgan fingerprint density at radius 1 is 1.65 bits per heavy atom. The number of amides is 2. The highest BCUT2D eigenvalue weighted by Crippen LogP contribution is 2.22. The lowest BCUT2D eigenvalue weighted by molar-refractivity contribution is 0.217. The number of thiazole rings is 1. The predicted molar refractivity (Wildman–Crippen MR) is 94.9 cm³/mol. The average Bonchev–Trinajstić information content (AvgIpc) is 3.03. The smallest absolute Gasteiger partial charge is 0.315 e. The van der Waals surface area contributed by atoms with E-state index in [1.165, 1.54) is 0 Å². The van der Waals surface area contributed by atoms with Crippen LogP contribution in [0.15, 0.2) is 5.38 Å². The lowest BCUT2D eigenvalue weighted by Crippen LogP contribution is -2.46. The van der Waals surface area contributed by atoms with E-state index in [0.29, 0.717) is 26.1 Å². The maximum absolute atomic E-state index is 13.8. The number of thioether (sulfide) groups is 1. The molecule has 23 heavy (non-hydrogen) atoms. The van der Waals surface area contributed by atoms with Crippen molar-refractivity contribution < 1.29 is 9.18 Å². The first-order valence-corrected chi connectivity index (χ1v) is 10.1. The number of aromatic nitrogens is 1. The Bertz CT molecular complexity index is 513. The highest BCUT2D eigenvalue weighted by atomic mass is 32.2. The fourth-order valence-electron chi connectivity index (χ4n) is 2.79. The lowest BCUT2D eigenvalue weighted by Gasteiger charge is -2.24. The third-order valence-corrected chi connectivity index (χ3v) is 5.46. The molecule has 0 spiro atoms. The van der Waals surface area contributed by atoms with E-state index < -0.39 is 6.17 Å². The van der Waals surface area contributed by atoms with E-state index >= 15 is 0 Å². The summed E-state index contributed by atoms with van der Waals surface area (Å²) in [4.78, 5) is 18.4. The van der Waals surface area contributed by atoms with E-state index in [0.717, 1.165) is 16.5 Å². The number of urea groups is 1. The lowest BCUT2D eigenvalue weighted by atomic mass is 10.2. The number of likely N-dealkylation sites (tertiary alicyclic amines) is 1. The number of nitrogens with one attached hydrogen (secondary N) is 2. The highest BCUT2D eigenvalue weighted by molar-refractivity contribution is 7.98. The molecule has 1 aliphatic heterocycles. The summed E-state index contributed by atoms with van der Waals surface area (Å²) in [5, 5.41) is 8.80. The number of alkyl halides is 1. The molecule has 5 nitrogen and oxygen atoms in total. The highest BCUT2D eigenvalue weighted by Gasteiger charge is 2.32. The van der Waals surface area contributed by atoms with Crippen molar-refractivity contribution in [3.8, 4) is 0 Å². The first-order valence-electron chi connectivity index (χ1n) is 7.80. The van der Waals surface area contributed by atoms with Crippen molar-refractivity contribution in [1.82, 2.24) is 20.5 Å². The molecule has 0 aromatic carbocycles. The monoisotopic (exact) mass is 360 g/mol. The van der Waals surface area contributed by atoms with Crippen molar-refractivity contribution in [2.75, 3.05) is 25.1 Å². The maximum Gasteiger partial charge on any atom is 0.315 e. The van der Waals surface area contributed by atoms with Crippen LogP contribution in [0.5, 0.6) is 0 Å². The molecule has 0 saturated carbocycles. The van der Waals surface area contributed by atoms with Crippen LogP contribution in [0.2, 0.25) is 0 Å². The van der Waals surface area contributed by atoms with Gasteiger partial charge in [0.1, 0.15) is 6.17 Å². The molecular weight excluding hydrogens is 335 g/mol. The molecule has 1 fully saturated rings. The first kappa shape index (κ1) is 18.5. The van der Waals surface area contributed by atoms with Gasteiger partial charge in [-0.05, 0) is 26.5 Å². The number of hydrogen-bond donors (Lipinski definition) is 2. The minimum Gasteiger partial charge on any atom is -0.337 e. The Labute approximate surface area is 145 Å². The van der Waals surface area contributed by atoms with Crippen LogP contribution < -0.4 is 10.6 Å². The molecular formula is C15H25FN4OS2. The van der Waals surface area contributed by atoms with Gasteiger partial charge < -0.3 is 10.6 Å². The standard InChI is InChI=1S/C15H25FN4OS2/c1-10(8-22-3)18-15(21)17-5-14-4-12(16)6-20(14)7-13-9-23-11(2)19-13/h9-10,12,14H,4-8H2,1-3H3,(H2,17,18,21)/t10-,12+,14+/m1/s1. The Kier molecular flexibility index (Phi) is 7.10. The van der Waals surface area contributed by atoms with Gasteiger partial charge in [-0.15, -0.1) is 11.3 Å². The van der Waals surface area contributed by atoms with Crippen LogP contribution in [0, 0.1) is 6.92 Å². The van der Waals surface area contributed by atoms with Gasteiger partial charge in [0.05, 0.1) is 10.7 Å². The van der Waals surface area contributed by atoms with Gasteiger partial charge in [0.15, 0.2) is 0 Å². The van der Waals surface area contributed by atoms with Crippen LogP contribution in [0.25, 0.3) is 0 Å². The summed E-state index contributed by atoms with van der Waals surface area (Å²) < 4.78 is 13.8. The zero-order valence-electron chi connectivity index (χ0n) is 13.8. The van der Waals surface area contributed by atoms with Gasteiger partial charge in [-0.2, -0.15) is 11.8 Å². The van der Waals surface area contributed by atoms with Crippen molar-refractivity contribution in [1.29, 1.82) is 0 Å². The number of carbonyl (C=O) groups excluding carboxylic acids is 1. The molecule has 0 aliphatic carbocycles. The molecule has 3 atom stereocenters. The van der Waals surface area contributed by atoms with E-state index in [1.54, 1.807) is 23.1 Å². The van der Waals surface area contributed by atoms with Crippen LogP contribution >= 0.6 is 23.1 Å². The summed E-state index contributed by atoms with van der Waals surface area (Å²) in [6.07, 6.45) is 1.64. The van der Waals surface area contributed by atoms with Crippen molar-refractivity contribution in [2.45, 2.75) is 45.1 Å². The molecule has 1 aromatic rings. The molecule has 1 aliphatic rings. The quantitative estimate of drug-likeness (QED) is 0.784. The van der Waals surface area contributed by atoms with Crippen molar-refractivity contribution in [3.63, 3.8) is 0 Å². The zero-order valence-corrected chi connectivity index (χ0v) is 15.5. The molecule has 2 heterocycles. The maximum atomic E-state index is 13.8. The van der Waals surface area contributed by atoms with Gasteiger partial charge in [-0.25, -0.2) is 14.2 Å². The van der Waals surface area contributed by atoms with Gasteiger partial charge in [0.25, 0.3) is 0 Å². The number of aryl methyl sites for hydroxylation is 1. The topological polar surface area (TPSA) is 57.3 Å². The molecule has 8 heteroatoms. The molecule has 2 rings (SSSR count). The molecule has 2 N–H and O–H groups in total. The Hall–Kier alpha value is -0.860. The van der Waals surface area contributed by atoms with Crippen LogP contribution in [0.1, 0.15) is 24.0 Å². The number of rotatable bonds is 7. The first-order chi connectivity index (χ1) is 11.0. The average molecular weight is 361 g/mol. The van der Waals surface area contributed by atoms with E-state index in [1.807, 2.05) is 25.5 Å². The number of nitrogens with zero attached hydrogens (tertiary/aromatic N) is 2. The molecule has 1 aromatic heterocycles. The summed E-state index contributed by atoms with van der Waals surface area (Å²) in [5.74, 6) is 0.874. The van der Waals surface area contributed by atoms with Gasteiger partial charge in [-0.1, -0.05) is 0 Å². The Morgan fingerprint density at radius 2 is 2.43 bits per heavy atom. The predicted octanol–water partition coefficient (Wildman–Crippen LogP) is 2.41. The van der Waals surface area contributed by atoms with E-state index in [2.05, 4.69) is 20.5 Å². The largest absolute Gasteiger partial charge is 0.337 e. The van der Waals surface area contributed by atoms with Gasteiger partial charge in [-0.3, -0.25) is 4.90 Å². The van der Waals surface area contributed by atoms with Crippen molar-refractivity contribution in [3.05, 3.63) is 16.1 Å². The van der Waals surface area contributed by atoms with Crippen LogP contribution in [-0.4, -0.2) is 59.3 Å². The second-order valence-electron chi connectivity index (χ2n) is 5.98. The third kappa shape index (κ3) is 5.93. The summed E-state index contributed by atoms with van der Waals surface area (Å²) >= 11 is 3.30. The van der Waals surface area contributed by atoms with Gasteiger partial charge in [0.2, 0.25) is 0 Å². The fourth-order valence-corrected chi connectivity index (χ4v) is 3.98. The number of carbonyl (C=O) groups is 1. The number of hydrogen-bond acceptors (Lipinski definition) is 5. The van der Waals surface area contributed by atoms with Gasteiger partial charge >= 0.3 is 6.03 Å². The SMILES string of the molecule is CSC[C@@H](C)NC(=O)NC[C@@H]1C[C@H](F)CN1Cc1csc(C)n1. The fraction of sp³-hybridized carbons (Fsp3) is 0.733. The third-order valence-electron chi connectivity index (χ3n) is 3.80. The minimum atomic E-state index is -0.833. The van der Waals surface area contributed by atoms with Crippen molar-refractivity contribution in [2.24, 2.45) is 0 Å². The second-order valence-corrected chi connectivity index (χ2v) is 7.96.